The van der Waals surface area contributed by atoms with Crippen molar-refractivity contribution in [3.63, 3.8) is 0 Å². The molecule has 0 amide bonds. The molecule has 1 rings (SSSR count). The summed E-state index contributed by atoms with van der Waals surface area (Å²) >= 11 is 5.39. The van der Waals surface area contributed by atoms with Crippen LogP contribution in [-0.4, -0.2) is 5.33 Å². The van der Waals surface area contributed by atoms with E-state index in [1.54, 1.807) is 11.1 Å². The minimum atomic E-state index is 1.16. The lowest BCUT2D eigenvalue weighted by atomic mass is 10.0. The van der Waals surface area contributed by atoms with Crippen molar-refractivity contribution in [1.29, 1.82) is 0 Å². The molecule has 0 aliphatic heterocycles. The summed E-state index contributed by atoms with van der Waals surface area (Å²) in [4.78, 5) is 0. The molecule has 0 spiro atoms. The third kappa shape index (κ3) is 6.94. The van der Waals surface area contributed by atoms with Crippen molar-refractivity contribution < 1.29 is 0 Å². The SMILES string of the molecule is CCCCCCc1cscc1CCCCCCBr. The Morgan fingerprint density at radius 3 is 1.94 bits per heavy atom. The maximum atomic E-state index is 3.49. The highest BCUT2D eigenvalue weighted by molar-refractivity contribution is 9.09. The molecular formula is C16H27BrS. The molecule has 0 aliphatic rings. The van der Waals surface area contributed by atoms with E-state index in [1.807, 2.05) is 11.3 Å². The van der Waals surface area contributed by atoms with Gasteiger partial charge in [0.25, 0.3) is 0 Å². The van der Waals surface area contributed by atoms with Crippen molar-refractivity contribution >= 4 is 27.3 Å². The van der Waals surface area contributed by atoms with Crippen LogP contribution in [0.25, 0.3) is 0 Å². The Bertz CT molecular complexity index is 293. The second-order valence-electron chi connectivity index (χ2n) is 5.09. The normalized spacial score (nSPS) is 11.0. The maximum absolute atomic E-state index is 3.49. The Balaban J connectivity index is 2.18. The van der Waals surface area contributed by atoms with Gasteiger partial charge in [-0.2, -0.15) is 11.3 Å². The van der Waals surface area contributed by atoms with Crippen molar-refractivity contribution in [3.8, 4) is 0 Å². The van der Waals surface area contributed by atoms with E-state index in [9.17, 15) is 0 Å². The molecule has 0 unspecified atom stereocenters. The topological polar surface area (TPSA) is 0 Å². The number of halogens is 1. The van der Waals surface area contributed by atoms with E-state index in [0.29, 0.717) is 0 Å². The van der Waals surface area contributed by atoms with Crippen molar-refractivity contribution in [3.05, 3.63) is 21.9 Å². The van der Waals surface area contributed by atoms with Gasteiger partial charge in [0, 0.05) is 5.33 Å². The monoisotopic (exact) mass is 330 g/mol. The van der Waals surface area contributed by atoms with E-state index in [4.69, 9.17) is 0 Å². The molecule has 0 saturated heterocycles. The summed E-state index contributed by atoms with van der Waals surface area (Å²) in [5.74, 6) is 0. The zero-order valence-corrected chi connectivity index (χ0v) is 14.1. The zero-order chi connectivity index (χ0) is 13.1. The molecule has 1 heterocycles. The van der Waals surface area contributed by atoms with Gasteiger partial charge >= 0.3 is 0 Å². The van der Waals surface area contributed by atoms with Gasteiger partial charge in [-0.3, -0.25) is 0 Å². The fourth-order valence-corrected chi connectivity index (χ4v) is 3.63. The second kappa shape index (κ2) is 11.0. The van der Waals surface area contributed by atoms with E-state index < -0.39 is 0 Å². The van der Waals surface area contributed by atoms with Crippen molar-refractivity contribution in [2.45, 2.75) is 71.1 Å². The molecule has 1 aromatic rings. The van der Waals surface area contributed by atoms with Crippen molar-refractivity contribution in [1.82, 2.24) is 0 Å². The molecule has 0 fully saturated rings. The van der Waals surface area contributed by atoms with Crippen LogP contribution in [0.3, 0.4) is 0 Å². The summed E-state index contributed by atoms with van der Waals surface area (Å²) in [5.41, 5.74) is 3.27. The van der Waals surface area contributed by atoms with E-state index in [2.05, 4.69) is 33.6 Å². The van der Waals surface area contributed by atoms with Crippen LogP contribution in [-0.2, 0) is 12.8 Å². The highest BCUT2D eigenvalue weighted by Gasteiger charge is 2.03. The number of thiophene rings is 1. The van der Waals surface area contributed by atoms with Gasteiger partial charge in [-0.25, -0.2) is 0 Å². The quantitative estimate of drug-likeness (QED) is 0.326. The van der Waals surface area contributed by atoms with Crippen LogP contribution < -0.4 is 0 Å². The van der Waals surface area contributed by atoms with E-state index in [0.717, 1.165) is 5.33 Å². The average Bonchev–Trinajstić information content (AvgIpc) is 2.82. The van der Waals surface area contributed by atoms with Gasteiger partial charge in [0.2, 0.25) is 0 Å². The number of rotatable bonds is 11. The highest BCUT2D eigenvalue weighted by Crippen LogP contribution is 2.20. The van der Waals surface area contributed by atoms with Crippen LogP contribution in [0.2, 0.25) is 0 Å². The number of unbranched alkanes of at least 4 members (excludes halogenated alkanes) is 6. The van der Waals surface area contributed by atoms with Crippen LogP contribution in [0.1, 0.15) is 69.4 Å². The molecule has 0 saturated carbocycles. The van der Waals surface area contributed by atoms with Gasteiger partial charge < -0.3 is 0 Å². The van der Waals surface area contributed by atoms with Crippen LogP contribution in [0.15, 0.2) is 10.8 Å². The average molecular weight is 331 g/mol. The van der Waals surface area contributed by atoms with E-state index >= 15 is 0 Å². The Morgan fingerprint density at radius 1 is 0.833 bits per heavy atom. The number of alkyl halides is 1. The fourth-order valence-electron chi connectivity index (χ4n) is 2.29. The first-order chi connectivity index (χ1) is 8.88. The van der Waals surface area contributed by atoms with Gasteiger partial charge in [-0.15, -0.1) is 0 Å². The largest absolute Gasteiger partial charge is 0.152 e. The Labute approximate surface area is 125 Å². The maximum Gasteiger partial charge on any atom is 0.00313 e. The summed E-state index contributed by atoms with van der Waals surface area (Å²) in [7, 11) is 0. The van der Waals surface area contributed by atoms with Crippen LogP contribution >= 0.6 is 27.3 Å². The molecule has 0 nitrogen and oxygen atoms in total. The van der Waals surface area contributed by atoms with Crippen LogP contribution in [0.5, 0.6) is 0 Å². The fraction of sp³-hybridized carbons (Fsp3) is 0.750. The molecule has 18 heavy (non-hydrogen) atoms. The molecule has 0 atom stereocenters. The van der Waals surface area contributed by atoms with Gasteiger partial charge in [-0.05, 0) is 54.0 Å². The zero-order valence-electron chi connectivity index (χ0n) is 11.7. The molecule has 0 aromatic carbocycles. The predicted octanol–water partition coefficient (Wildman–Crippen LogP) is 6.37. The summed E-state index contributed by atoms with van der Waals surface area (Å²) in [6.45, 7) is 2.28. The molecule has 0 N–H and O–H groups in total. The first-order valence-electron chi connectivity index (χ1n) is 7.48. The Morgan fingerprint density at radius 2 is 1.39 bits per heavy atom. The highest BCUT2D eigenvalue weighted by atomic mass is 79.9. The third-order valence-electron chi connectivity index (χ3n) is 3.46. The Kier molecular flexibility index (Phi) is 9.96. The van der Waals surface area contributed by atoms with E-state index in [1.165, 1.54) is 64.2 Å². The molecule has 0 aliphatic carbocycles. The molecule has 0 radical (unpaired) electrons. The summed E-state index contributed by atoms with van der Waals surface area (Å²) < 4.78 is 0. The number of hydrogen-bond acceptors (Lipinski definition) is 1. The summed E-state index contributed by atoms with van der Waals surface area (Å²) in [6, 6.07) is 0. The van der Waals surface area contributed by atoms with Crippen LogP contribution in [0.4, 0.5) is 0 Å². The lowest BCUT2D eigenvalue weighted by Crippen LogP contribution is -1.91. The lowest BCUT2D eigenvalue weighted by Gasteiger charge is -2.04. The van der Waals surface area contributed by atoms with Crippen molar-refractivity contribution in [2.75, 3.05) is 5.33 Å². The smallest absolute Gasteiger partial charge is 0.00313 e. The third-order valence-corrected chi connectivity index (χ3v) is 4.86. The Hall–Kier alpha value is 0.180. The van der Waals surface area contributed by atoms with Gasteiger partial charge in [0.1, 0.15) is 0 Å². The molecule has 1 aromatic heterocycles. The van der Waals surface area contributed by atoms with Gasteiger partial charge in [-0.1, -0.05) is 55.0 Å². The molecule has 104 valence electrons. The minimum Gasteiger partial charge on any atom is -0.152 e. The number of aryl methyl sites for hydroxylation is 2. The van der Waals surface area contributed by atoms with Gasteiger partial charge in [0.05, 0.1) is 0 Å². The van der Waals surface area contributed by atoms with E-state index in [-0.39, 0.29) is 0 Å². The van der Waals surface area contributed by atoms with Crippen molar-refractivity contribution in [2.24, 2.45) is 0 Å². The molecular weight excluding hydrogens is 304 g/mol. The standard InChI is InChI=1S/C16H27BrS/c1-2-3-4-7-10-15-13-18-14-16(15)11-8-5-6-9-12-17/h13-14H,2-12H2,1H3. The first kappa shape index (κ1) is 16.2. The summed E-state index contributed by atoms with van der Waals surface area (Å²) in [5, 5.41) is 5.91. The summed E-state index contributed by atoms with van der Waals surface area (Å²) in [6.07, 6.45) is 13.6. The van der Waals surface area contributed by atoms with Gasteiger partial charge in [0.15, 0.2) is 0 Å². The second-order valence-corrected chi connectivity index (χ2v) is 6.62. The molecule has 2 heteroatoms. The minimum absolute atomic E-state index is 1.16. The number of hydrogen-bond donors (Lipinski definition) is 0. The van der Waals surface area contributed by atoms with Crippen LogP contribution in [0, 0.1) is 0 Å². The predicted molar refractivity (Wildman–Crippen MR) is 88.1 cm³/mol. The molecule has 0 bridgehead atoms. The lowest BCUT2D eigenvalue weighted by molar-refractivity contribution is 0.654. The first-order valence-corrected chi connectivity index (χ1v) is 9.54.